The third kappa shape index (κ3) is 5.05. The van der Waals surface area contributed by atoms with Gasteiger partial charge in [0, 0.05) is 64.0 Å². The van der Waals surface area contributed by atoms with Crippen LogP contribution < -0.4 is 15.5 Å². The minimum absolute atomic E-state index is 0.193. The number of carbonyl (C=O) groups is 1. The van der Waals surface area contributed by atoms with Gasteiger partial charge in [0.25, 0.3) is 5.91 Å². The number of benzene rings is 2. The van der Waals surface area contributed by atoms with Crippen LogP contribution in [0.4, 0.5) is 17.3 Å². The number of halogens is 2. The molecule has 7 nitrogen and oxygen atoms in total. The lowest BCUT2D eigenvalue weighted by molar-refractivity contribution is 0.0951. The molecule has 1 saturated heterocycles. The van der Waals surface area contributed by atoms with Crippen molar-refractivity contribution in [1.82, 2.24) is 19.9 Å². The number of aromatic nitrogens is 3. The molecule has 38 heavy (non-hydrogen) atoms. The van der Waals surface area contributed by atoms with Crippen LogP contribution in [0.2, 0.25) is 10.0 Å². The predicted octanol–water partition coefficient (Wildman–Crippen LogP) is 6.97. The number of fused-ring (bicyclic) bond motifs is 1. The average molecular weight is 550 g/mol. The fourth-order valence-corrected chi connectivity index (χ4v) is 5.71. The van der Waals surface area contributed by atoms with E-state index >= 15 is 0 Å². The second-order valence-corrected chi connectivity index (χ2v) is 10.9. The van der Waals surface area contributed by atoms with Gasteiger partial charge in [0.1, 0.15) is 11.6 Å². The topological polar surface area (TPSA) is 74.6 Å². The van der Waals surface area contributed by atoms with Gasteiger partial charge in [-0.3, -0.25) is 4.79 Å². The quantitative estimate of drug-likeness (QED) is 0.248. The van der Waals surface area contributed by atoms with E-state index in [1.165, 1.54) is 25.7 Å². The maximum atomic E-state index is 12.8. The third-order valence-electron chi connectivity index (χ3n) is 7.48. The Morgan fingerprint density at radius 1 is 1.05 bits per heavy atom. The molecular formula is C29H30Cl2N6O. The average Bonchev–Trinajstić information content (AvgIpc) is 3.49. The second kappa shape index (κ2) is 10.5. The summed E-state index contributed by atoms with van der Waals surface area (Å²) in [5.74, 6) is 2.20. The first kappa shape index (κ1) is 25.0. The van der Waals surface area contributed by atoms with E-state index in [0.717, 1.165) is 41.6 Å². The van der Waals surface area contributed by atoms with Gasteiger partial charge in [-0.15, -0.1) is 0 Å². The summed E-state index contributed by atoms with van der Waals surface area (Å²) in [7, 11) is 0. The van der Waals surface area contributed by atoms with Crippen LogP contribution in [0, 0.1) is 0 Å². The van der Waals surface area contributed by atoms with Crippen LogP contribution in [-0.2, 0) is 6.54 Å². The fourth-order valence-electron chi connectivity index (χ4n) is 5.18. The Kier molecular flexibility index (Phi) is 6.89. The van der Waals surface area contributed by atoms with Crippen molar-refractivity contribution in [3.8, 4) is 0 Å². The molecule has 2 fully saturated rings. The van der Waals surface area contributed by atoms with Crippen molar-refractivity contribution in [1.29, 1.82) is 0 Å². The lowest BCUT2D eigenvalue weighted by Gasteiger charge is -2.25. The van der Waals surface area contributed by atoms with Crippen LogP contribution >= 0.6 is 23.2 Å². The normalized spacial score (nSPS) is 17.2. The minimum Gasteiger partial charge on any atom is -0.353 e. The number of hydrogen-bond acceptors (Lipinski definition) is 5. The van der Waals surface area contributed by atoms with Crippen molar-refractivity contribution in [2.45, 2.75) is 57.5 Å². The molecule has 0 unspecified atom stereocenters. The number of amides is 1. The molecule has 1 atom stereocenters. The summed E-state index contributed by atoms with van der Waals surface area (Å²) >= 11 is 12.5. The Labute approximate surface area is 232 Å². The first-order valence-corrected chi connectivity index (χ1v) is 14.0. The Hall–Kier alpha value is -3.29. The minimum atomic E-state index is -0.193. The molecule has 1 saturated carbocycles. The van der Waals surface area contributed by atoms with Gasteiger partial charge in [0.15, 0.2) is 5.65 Å². The molecule has 6 rings (SSSR count). The number of carbonyl (C=O) groups excluding carboxylic acids is 1. The molecule has 0 radical (unpaired) electrons. The molecule has 4 aromatic rings. The highest BCUT2D eigenvalue weighted by Crippen LogP contribution is 2.40. The summed E-state index contributed by atoms with van der Waals surface area (Å²) in [6, 6.07) is 17.5. The zero-order chi connectivity index (χ0) is 26.2. The van der Waals surface area contributed by atoms with Gasteiger partial charge in [0.05, 0.1) is 5.69 Å². The summed E-state index contributed by atoms with van der Waals surface area (Å²) in [4.78, 5) is 20.2. The summed E-state index contributed by atoms with van der Waals surface area (Å²) in [6.45, 7) is 3.52. The van der Waals surface area contributed by atoms with Crippen LogP contribution in [0.1, 0.15) is 66.6 Å². The zero-order valence-electron chi connectivity index (χ0n) is 21.3. The molecule has 1 aliphatic carbocycles. The van der Waals surface area contributed by atoms with Gasteiger partial charge < -0.3 is 15.5 Å². The molecular weight excluding hydrogens is 519 g/mol. The van der Waals surface area contributed by atoms with E-state index in [1.54, 1.807) is 30.3 Å². The zero-order valence-corrected chi connectivity index (χ0v) is 22.8. The first-order chi connectivity index (χ1) is 18.5. The van der Waals surface area contributed by atoms with Crippen LogP contribution in [0.5, 0.6) is 0 Å². The van der Waals surface area contributed by atoms with Crippen molar-refractivity contribution in [3.05, 3.63) is 81.5 Å². The third-order valence-corrected chi connectivity index (χ3v) is 8.19. The molecule has 0 bridgehead atoms. The SMILES string of the molecule is CC[C@H]1CCCN1c1cc(Nc2ccc(C(=O)NCc3c(Cl)cccc3Cl)cc2)n2nc(C3CC3)cc2n1. The van der Waals surface area contributed by atoms with Crippen LogP contribution in [-0.4, -0.2) is 33.1 Å². The molecule has 2 aromatic carbocycles. The first-order valence-electron chi connectivity index (χ1n) is 13.3. The number of rotatable bonds is 8. The maximum absolute atomic E-state index is 12.8. The molecule has 196 valence electrons. The molecule has 2 aromatic heterocycles. The fraction of sp³-hybridized carbons (Fsp3) is 0.345. The molecule has 9 heteroatoms. The lowest BCUT2D eigenvalue weighted by Crippen LogP contribution is -2.29. The summed E-state index contributed by atoms with van der Waals surface area (Å²) in [5.41, 5.74) is 4.09. The maximum Gasteiger partial charge on any atom is 0.251 e. The molecule has 2 aliphatic rings. The highest BCUT2D eigenvalue weighted by atomic mass is 35.5. The van der Waals surface area contributed by atoms with Gasteiger partial charge in [-0.1, -0.05) is 36.2 Å². The van der Waals surface area contributed by atoms with Crippen molar-refractivity contribution in [2.75, 3.05) is 16.8 Å². The van der Waals surface area contributed by atoms with E-state index in [2.05, 4.69) is 34.6 Å². The smallest absolute Gasteiger partial charge is 0.251 e. The van der Waals surface area contributed by atoms with Gasteiger partial charge in [-0.05, 0) is 68.5 Å². The number of nitrogens with one attached hydrogen (secondary N) is 2. The number of anilines is 3. The van der Waals surface area contributed by atoms with Gasteiger partial charge in [0.2, 0.25) is 0 Å². The Balaban J connectivity index is 1.22. The monoisotopic (exact) mass is 548 g/mol. The lowest BCUT2D eigenvalue weighted by atomic mass is 10.1. The molecule has 0 spiro atoms. The Morgan fingerprint density at radius 2 is 1.82 bits per heavy atom. The Morgan fingerprint density at radius 3 is 2.53 bits per heavy atom. The highest BCUT2D eigenvalue weighted by molar-refractivity contribution is 6.36. The molecule has 2 N–H and O–H groups in total. The predicted molar refractivity (Wildman–Crippen MR) is 153 cm³/mol. The summed E-state index contributed by atoms with van der Waals surface area (Å²) in [6.07, 6.45) is 5.87. The van der Waals surface area contributed by atoms with Gasteiger partial charge >= 0.3 is 0 Å². The van der Waals surface area contributed by atoms with Gasteiger partial charge in [-0.2, -0.15) is 9.61 Å². The standard InChI is InChI=1S/C29H30Cl2N6O/c1-2-21-5-4-14-36(21)26-16-28(37-27(34-26)15-25(35-37)18-8-9-18)33-20-12-10-19(11-13-20)29(38)32-17-22-23(30)6-3-7-24(22)31/h3,6-7,10-13,15-16,18,21,33H,2,4-5,8-9,14,17H2,1H3,(H,32,38)/t21-/m0/s1. The van der Waals surface area contributed by atoms with E-state index in [1.807, 2.05) is 16.6 Å². The molecule has 1 aliphatic heterocycles. The number of hydrogen-bond donors (Lipinski definition) is 2. The van der Waals surface area contributed by atoms with Crippen LogP contribution in [0.3, 0.4) is 0 Å². The summed E-state index contributed by atoms with van der Waals surface area (Å²) in [5, 5.41) is 12.4. The van der Waals surface area contributed by atoms with E-state index < -0.39 is 0 Å². The largest absolute Gasteiger partial charge is 0.353 e. The number of nitrogens with zero attached hydrogens (tertiary/aromatic N) is 4. The molecule has 3 heterocycles. The summed E-state index contributed by atoms with van der Waals surface area (Å²) < 4.78 is 1.90. The Bertz CT molecular complexity index is 1460. The van der Waals surface area contributed by atoms with Crippen molar-refractivity contribution in [3.63, 3.8) is 0 Å². The highest BCUT2D eigenvalue weighted by Gasteiger charge is 2.29. The van der Waals surface area contributed by atoms with E-state index in [0.29, 0.717) is 33.1 Å². The van der Waals surface area contributed by atoms with E-state index in [-0.39, 0.29) is 12.5 Å². The van der Waals surface area contributed by atoms with Crippen molar-refractivity contribution >= 4 is 52.1 Å². The van der Waals surface area contributed by atoms with Gasteiger partial charge in [-0.25, -0.2) is 4.98 Å². The van der Waals surface area contributed by atoms with Crippen LogP contribution in [0.15, 0.2) is 54.6 Å². The molecule has 1 amide bonds. The second-order valence-electron chi connectivity index (χ2n) is 10.1. The van der Waals surface area contributed by atoms with Crippen molar-refractivity contribution < 1.29 is 4.79 Å². The van der Waals surface area contributed by atoms with E-state index in [9.17, 15) is 4.79 Å². The van der Waals surface area contributed by atoms with E-state index in [4.69, 9.17) is 33.3 Å². The van der Waals surface area contributed by atoms with Crippen LogP contribution in [0.25, 0.3) is 5.65 Å². The van der Waals surface area contributed by atoms with Crippen molar-refractivity contribution in [2.24, 2.45) is 0 Å².